The van der Waals surface area contributed by atoms with Gasteiger partial charge < -0.3 is 8.85 Å². The SMILES string of the molecule is CO[Si](C)(CCSC(C)=O)OC. The van der Waals surface area contributed by atoms with Crippen molar-refractivity contribution in [1.29, 1.82) is 0 Å². The maximum atomic E-state index is 10.6. The second kappa shape index (κ2) is 5.74. The Bertz CT molecular complexity index is 148. The molecule has 0 aliphatic carbocycles. The Kier molecular flexibility index (Phi) is 5.82. The molecular formula is C7H16O3SSi. The van der Waals surface area contributed by atoms with E-state index in [0.29, 0.717) is 0 Å². The molecule has 12 heavy (non-hydrogen) atoms. The van der Waals surface area contributed by atoms with Gasteiger partial charge in [-0.15, -0.1) is 0 Å². The molecule has 72 valence electrons. The second-order valence-electron chi connectivity index (χ2n) is 2.63. The van der Waals surface area contributed by atoms with Crippen LogP contribution < -0.4 is 0 Å². The summed E-state index contributed by atoms with van der Waals surface area (Å²) >= 11 is 1.32. The normalized spacial score (nSPS) is 11.7. The molecule has 3 nitrogen and oxygen atoms in total. The molecule has 0 bridgehead atoms. The van der Waals surface area contributed by atoms with Gasteiger partial charge in [0.1, 0.15) is 0 Å². The molecule has 0 atom stereocenters. The third-order valence-corrected chi connectivity index (χ3v) is 5.79. The average Bonchev–Trinajstić information content (AvgIpc) is 2.03. The first-order chi connectivity index (χ1) is 5.54. The fourth-order valence-corrected chi connectivity index (χ4v) is 3.42. The van der Waals surface area contributed by atoms with E-state index in [0.717, 1.165) is 11.8 Å². The van der Waals surface area contributed by atoms with Gasteiger partial charge in [0.2, 0.25) is 0 Å². The van der Waals surface area contributed by atoms with Gasteiger partial charge in [0, 0.05) is 32.9 Å². The Morgan fingerprint density at radius 2 is 1.92 bits per heavy atom. The predicted molar refractivity (Wildman–Crippen MR) is 53.6 cm³/mol. The fraction of sp³-hybridized carbons (Fsp3) is 0.857. The first kappa shape index (κ1) is 12.2. The molecule has 0 amide bonds. The van der Waals surface area contributed by atoms with E-state index in [1.54, 1.807) is 21.1 Å². The van der Waals surface area contributed by atoms with Crippen molar-refractivity contribution in [2.24, 2.45) is 0 Å². The number of hydrogen-bond donors (Lipinski definition) is 0. The highest BCUT2D eigenvalue weighted by Crippen LogP contribution is 2.15. The highest BCUT2D eigenvalue weighted by Gasteiger charge is 2.27. The molecule has 0 fully saturated rings. The molecule has 0 heterocycles. The maximum absolute atomic E-state index is 10.6. The first-order valence-corrected chi connectivity index (χ1v) is 7.28. The minimum atomic E-state index is -1.94. The van der Waals surface area contributed by atoms with Crippen molar-refractivity contribution in [3.63, 3.8) is 0 Å². The summed E-state index contributed by atoms with van der Waals surface area (Å²) in [6, 6.07) is 0.851. The van der Waals surface area contributed by atoms with E-state index in [2.05, 4.69) is 0 Å². The van der Waals surface area contributed by atoms with Gasteiger partial charge in [0.25, 0.3) is 0 Å². The zero-order valence-electron chi connectivity index (χ0n) is 8.05. The molecule has 0 aliphatic rings. The number of carbonyl (C=O) groups excluding carboxylic acids is 1. The first-order valence-electron chi connectivity index (χ1n) is 3.78. The van der Waals surface area contributed by atoms with Gasteiger partial charge in [-0.2, -0.15) is 0 Å². The van der Waals surface area contributed by atoms with E-state index in [1.165, 1.54) is 11.8 Å². The van der Waals surface area contributed by atoms with E-state index in [9.17, 15) is 4.79 Å². The summed E-state index contributed by atoms with van der Waals surface area (Å²) in [6.45, 7) is 3.57. The zero-order chi connectivity index (χ0) is 9.61. The molecular weight excluding hydrogens is 192 g/mol. The van der Waals surface area contributed by atoms with Gasteiger partial charge in [-0.1, -0.05) is 11.8 Å². The van der Waals surface area contributed by atoms with Gasteiger partial charge in [-0.05, 0) is 6.55 Å². The molecule has 0 aromatic heterocycles. The summed E-state index contributed by atoms with van der Waals surface area (Å²) in [7, 11) is 1.38. The van der Waals surface area contributed by atoms with Crippen LogP contribution >= 0.6 is 11.8 Å². The van der Waals surface area contributed by atoms with Crippen LogP contribution in [0.3, 0.4) is 0 Å². The quantitative estimate of drug-likeness (QED) is 0.643. The summed E-state index contributed by atoms with van der Waals surface area (Å²) < 4.78 is 10.5. The predicted octanol–water partition coefficient (Wildman–Crippen LogP) is 1.63. The molecule has 0 N–H and O–H groups in total. The summed E-state index contributed by atoms with van der Waals surface area (Å²) in [5, 5.41) is 0.151. The monoisotopic (exact) mass is 208 g/mol. The third kappa shape index (κ3) is 4.92. The number of carbonyl (C=O) groups is 1. The molecule has 0 rings (SSSR count). The van der Waals surface area contributed by atoms with Crippen LogP contribution in [0.25, 0.3) is 0 Å². The largest absolute Gasteiger partial charge is 0.398 e. The molecule has 0 aromatic rings. The Morgan fingerprint density at radius 3 is 2.25 bits per heavy atom. The Balaban J connectivity index is 3.65. The van der Waals surface area contributed by atoms with Crippen molar-refractivity contribution in [2.75, 3.05) is 20.0 Å². The number of thioether (sulfide) groups is 1. The van der Waals surface area contributed by atoms with E-state index in [1.807, 2.05) is 6.55 Å². The van der Waals surface area contributed by atoms with Crippen LogP contribution in [0.4, 0.5) is 0 Å². The Morgan fingerprint density at radius 1 is 1.42 bits per heavy atom. The van der Waals surface area contributed by atoms with Crippen LogP contribution in [0, 0.1) is 0 Å². The Labute approximate surface area is 79.1 Å². The zero-order valence-corrected chi connectivity index (χ0v) is 9.86. The van der Waals surface area contributed by atoms with Crippen molar-refractivity contribution in [3.05, 3.63) is 0 Å². The van der Waals surface area contributed by atoms with Gasteiger partial charge >= 0.3 is 8.56 Å². The summed E-state index contributed by atoms with van der Waals surface area (Å²) in [5.41, 5.74) is 0. The van der Waals surface area contributed by atoms with E-state index >= 15 is 0 Å². The van der Waals surface area contributed by atoms with E-state index in [4.69, 9.17) is 8.85 Å². The third-order valence-electron chi connectivity index (χ3n) is 1.73. The van der Waals surface area contributed by atoms with Crippen LogP contribution in [0.5, 0.6) is 0 Å². The molecule has 0 radical (unpaired) electrons. The van der Waals surface area contributed by atoms with Crippen LogP contribution in [-0.4, -0.2) is 33.6 Å². The molecule has 0 saturated carbocycles. The minimum absolute atomic E-state index is 0.151. The molecule has 0 spiro atoms. The molecule has 5 heteroatoms. The van der Waals surface area contributed by atoms with Crippen molar-refractivity contribution >= 4 is 25.4 Å². The summed E-state index contributed by atoms with van der Waals surface area (Å²) in [6.07, 6.45) is 0. The number of rotatable bonds is 5. The van der Waals surface area contributed by atoms with Crippen molar-refractivity contribution in [3.8, 4) is 0 Å². The van der Waals surface area contributed by atoms with Crippen molar-refractivity contribution < 1.29 is 13.6 Å². The Hall–Kier alpha value is 0.157. The average molecular weight is 208 g/mol. The smallest absolute Gasteiger partial charge is 0.335 e. The van der Waals surface area contributed by atoms with Crippen LogP contribution in [0.2, 0.25) is 12.6 Å². The van der Waals surface area contributed by atoms with Gasteiger partial charge in [0.05, 0.1) is 0 Å². The van der Waals surface area contributed by atoms with Crippen LogP contribution in [0.1, 0.15) is 6.92 Å². The number of hydrogen-bond acceptors (Lipinski definition) is 4. The topological polar surface area (TPSA) is 35.5 Å². The van der Waals surface area contributed by atoms with E-state index < -0.39 is 8.56 Å². The highest BCUT2D eigenvalue weighted by molar-refractivity contribution is 8.13. The lowest BCUT2D eigenvalue weighted by Crippen LogP contribution is -2.36. The van der Waals surface area contributed by atoms with Crippen molar-refractivity contribution in [1.82, 2.24) is 0 Å². The van der Waals surface area contributed by atoms with Crippen molar-refractivity contribution in [2.45, 2.75) is 19.5 Å². The minimum Gasteiger partial charge on any atom is -0.398 e. The van der Waals surface area contributed by atoms with Crippen LogP contribution in [-0.2, 0) is 13.6 Å². The lowest BCUT2D eigenvalue weighted by molar-refractivity contribution is -0.109. The molecule has 0 aromatic carbocycles. The lowest BCUT2D eigenvalue weighted by atomic mass is 10.9. The maximum Gasteiger partial charge on any atom is 0.335 e. The van der Waals surface area contributed by atoms with E-state index in [-0.39, 0.29) is 5.12 Å². The second-order valence-corrected chi connectivity index (χ2v) is 7.49. The van der Waals surface area contributed by atoms with Gasteiger partial charge in [-0.25, -0.2) is 0 Å². The van der Waals surface area contributed by atoms with Gasteiger partial charge in [0.15, 0.2) is 5.12 Å². The summed E-state index contributed by atoms with van der Waals surface area (Å²) in [5.74, 6) is 0.791. The molecule has 0 aliphatic heterocycles. The molecule has 0 unspecified atom stereocenters. The molecule has 0 saturated heterocycles. The summed E-state index contributed by atoms with van der Waals surface area (Å²) in [4.78, 5) is 10.6. The highest BCUT2D eigenvalue weighted by atomic mass is 32.2. The lowest BCUT2D eigenvalue weighted by Gasteiger charge is -2.21. The van der Waals surface area contributed by atoms with Crippen LogP contribution in [0.15, 0.2) is 0 Å². The standard InChI is InChI=1S/C7H16O3SSi/c1-7(8)11-5-6-12(4,9-2)10-3/h5-6H2,1-4H3. The fourth-order valence-electron chi connectivity index (χ4n) is 0.668. The van der Waals surface area contributed by atoms with Gasteiger partial charge in [-0.3, -0.25) is 4.79 Å².